The SMILES string of the molecule is CC(C)(C)OC(=O)N1CCC(c2ccc(CN)c(N)c2)CC1. The van der Waals surface area contributed by atoms with Crippen LogP contribution in [-0.4, -0.2) is 29.7 Å². The van der Waals surface area contributed by atoms with Crippen LogP contribution in [-0.2, 0) is 11.3 Å². The number of hydrogen-bond donors (Lipinski definition) is 2. The van der Waals surface area contributed by atoms with Crippen molar-refractivity contribution in [2.45, 2.75) is 51.7 Å². The van der Waals surface area contributed by atoms with E-state index in [2.05, 4.69) is 6.07 Å². The molecule has 0 bridgehead atoms. The molecule has 22 heavy (non-hydrogen) atoms. The quantitative estimate of drug-likeness (QED) is 0.823. The van der Waals surface area contributed by atoms with Gasteiger partial charge < -0.3 is 21.1 Å². The third kappa shape index (κ3) is 4.13. The predicted molar refractivity (Wildman–Crippen MR) is 88.5 cm³/mol. The molecule has 1 amide bonds. The number of ether oxygens (including phenoxy) is 1. The number of carbonyl (C=O) groups excluding carboxylic acids is 1. The zero-order valence-electron chi connectivity index (χ0n) is 13.8. The lowest BCUT2D eigenvalue weighted by Crippen LogP contribution is -2.41. The second-order valence-electron chi connectivity index (χ2n) is 6.90. The van der Waals surface area contributed by atoms with Gasteiger partial charge in [-0.05, 0) is 56.7 Å². The van der Waals surface area contributed by atoms with E-state index in [1.807, 2.05) is 32.9 Å². The monoisotopic (exact) mass is 305 g/mol. The first-order valence-corrected chi connectivity index (χ1v) is 7.86. The van der Waals surface area contributed by atoms with E-state index in [1.54, 1.807) is 4.90 Å². The van der Waals surface area contributed by atoms with Crippen molar-refractivity contribution in [3.63, 3.8) is 0 Å². The highest BCUT2D eigenvalue weighted by Crippen LogP contribution is 2.30. The minimum absolute atomic E-state index is 0.219. The van der Waals surface area contributed by atoms with Crippen molar-refractivity contribution in [3.8, 4) is 0 Å². The van der Waals surface area contributed by atoms with Crippen LogP contribution >= 0.6 is 0 Å². The van der Waals surface area contributed by atoms with Gasteiger partial charge in [0, 0.05) is 25.3 Å². The summed E-state index contributed by atoms with van der Waals surface area (Å²) in [4.78, 5) is 13.9. The van der Waals surface area contributed by atoms with E-state index in [9.17, 15) is 4.79 Å². The molecule has 0 atom stereocenters. The van der Waals surface area contributed by atoms with Crippen molar-refractivity contribution in [2.75, 3.05) is 18.8 Å². The maximum Gasteiger partial charge on any atom is 0.410 e. The Balaban J connectivity index is 1.94. The molecule has 5 nitrogen and oxygen atoms in total. The predicted octanol–water partition coefficient (Wildman–Crippen LogP) is 2.84. The zero-order valence-corrected chi connectivity index (χ0v) is 13.8. The van der Waals surface area contributed by atoms with E-state index >= 15 is 0 Å². The number of carbonyl (C=O) groups is 1. The van der Waals surface area contributed by atoms with Gasteiger partial charge in [-0.1, -0.05) is 12.1 Å². The number of hydrogen-bond acceptors (Lipinski definition) is 4. The first-order valence-electron chi connectivity index (χ1n) is 7.86. The van der Waals surface area contributed by atoms with E-state index in [1.165, 1.54) is 5.56 Å². The highest BCUT2D eigenvalue weighted by atomic mass is 16.6. The third-order valence-corrected chi connectivity index (χ3v) is 4.01. The molecule has 2 rings (SSSR count). The number of benzene rings is 1. The molecule has 0 unspecified atom stereocenters. The van der Waals surface area contributed by atoms with Gasteiger partial charge in [0.05, 0.1) is 0 Å². The molecule has 1 heterocycles. The van der Waals surface area contributed by atoms with E-state index < -0.39 is 5.60 Å². The standard InChI is InChI=1S/C17H27N3O2/c1-17(2,3)22-16(21)20-8-6-12(7-9-20)13-4-5-14(11-18)15(19)10-13/h4-5,10,12H,6-9,11,18-19H2,1-3H3. The van der Waals surface area contributed by atoms with Gasteiger partial charge >= 0.3 is 6.09 Å². The van der Waals surface area contributed by atoms with Crippen LogP contribution < -0.4 is 11.5 Å². The summed E-state index contributed by atoms with van der Waals surface area (Å²) in [6.45, 7) is 7.57. The smallest absolute Gasteiger partial charge is 0.410 e. The lowest BCUT2D eigenvalue weighted by Gasteiger charge is -2.33. The fourth-order valence-corrected chi connectivity index (χ4v) is 2.78. The van der Waals surface area contributed by atoms with Crippen LogP contribution in [0.3, 0.4) is 0 Å². The van der Waals surface area contributed by atoms with Crippen LogP contribution in [0.5, 0.6) is 0 Å². The lowest BCUT2D eigenvalue weighted by atomic mass is 9.88. The molecule has 1 saturated heterocycles. The summed E-state index contributed by atoms with van der Waals surface area (Å²) in [6.07, 6.45) is 1.64. The number of likely N-dealkylation sites (tertiary alicyclic amines) is 1. The normalized spacial score (nSPS) is 16.6. The van der Waals surface area contributed by atoms with Crippen molar-refractivity contribution in [2.24, 2.45) is 5.73 Å². The molecular weight excluding hydrogens is 278 g/mol. The maximum absolute atomic E-state index is 12.1. The molecule has 1 aromatic rings. The van der Waals surface area contributed by atoms with Gasteiger partial charge in [-0.25, -0.2) is 4.79 Å². The summed E-state index contributed by atoms with van der Waals surface area (Å²) >= 11 is 0. The summed E-state index contributed by atoms with van der Waals surface area (Å²) in [5.74, 6) is 0.438. The topological polar surface area (TPSA) is 81.6 Å². The minimum atomic E-state index is -0.444. The van der Waals surface area contributed by atoms with Gasteiger partial charge in [0.25, 0.3) is 0 Å². The molecule has 5 heteroatoms. The molecule has 0 spiro atoms. The number of nitrogens with two attached hydrogens (primary N) is 2. The Kier molecular flexibility index (Phi) is 4.96. The van der Waals surface area contributed by atoms with Crippen LogP contribution in [0.2, 0.25) is 0 Å². The van der Waals surface area contributed by atoms with E-state index in [4.69, 9.17) is 16.2 Å². The number of rotatable bonds is 2. The molecule has 0 aliphatic carbocycles. The molecular formula is C17H27N3O2. The highest BCUT2D eigenvalue weighted by molar-refractivity contribution is 5.68. The van der Waals surface area contributed by atoms with Gasteiger partial charge in [0.15, 0.2) is 0 Å². The number of nitrogen functional groups attached to an aromatic ring is 1. The number of amides is 1. The summed E-state index contributed by atoms with van der Waals surface area (Å²) in [6, 6.07) is 6.13. The molecule has 0 saturated carbocycles. The van der Waals surface area contributed by atoms with Crippen LogP contribution in [0.15, 0.2) is 18.2 Å². The van der Waals surface area contributed by atoms with Gasteiger partial charge in [-0.2, -0.15) is 0 Å². The second kappa shape index (κ2) is 6.57. The number of anilines is 1. The summed E-state index contributed by atoms with van der Waals surface area (Å²) < 4.78 is 5.42. The van der Waals surface area contributed by atoms with Crippen LogP contribution in [0.1, 0.15) is 50.7 Å². The minimum Gasteiger partial charge on any atom is -0.444 e. The second-order valence-corrected chi connectivity index (χ2v) is 6.90. The number of piperidine rings is 1. The highest BCUT2D eigenvalue weighted by Gasteiger charge is 2.27. The number of nitrogens with zero attached hydrogens (tertiary/aromatic N) is 1. The molecule has 4 N–H and O–H groups in total. The summed E-state index contributed by atoms with van der Waals surface area (Å²) in [5, 5.41) is 0. The largest absolute Gasteiger partial charge is 0.444 e. The van der Waals surface area contributed by atoms with Crippen molar-refractivity contribution in [1.29, 1.82) is 0 Å². The lowest BCUT2D eigenvalue weighted by molar-refractivity contribution is 0.0205. The van der Waals surface area contributed by atoms with Gasteiger partial charge in [0.1, 0.15) is 5.60 Å². The Hall–Kier alpha value is -1.75. The molecule has 1 fully saturated rings. The molecule has 0 radical (unpaired) electrons. The van der Waals surface area contributed by atoms with E-state index in [0.717, 1.165) is 37.2 Å². The maximum atomic E-state index is 12.1. The third-order valence-electron chi connectivity index (χ3n) is 4.01. The Morgan fingerprint density at radius 2 is 1.95 bits per heavy atom. The Morgan fingerprint density at radius 1 is 1.32 bits per heavy atom. The van der Waals surface area contributed by atoms with Crippen molar-refractivity contribution < 1.29 is 9.53 Å². The van der Waals surface area contributed by atoms with E-state index in [-0.39, 0.29) is 6.09 Å². The first kappa shape index (κ1) is 16.6. The Morgan fingerprint density at radius 3 is 2.45 bits per heavy atom. The fourth-order valence-electron chi connectivity index (χ4n) is 2.78. The average molecular weight is 305 g/mol. The van der Waals surface area contributed by atoms with Crippen molar-refractivity contribution >= 4 is 11.8 Å². The van der Waals surface area contributed by atoms with Crippen LogP contribution in [0.4, 0.5) is 10.5 Å². The Bertz CT molecular complexity index is 529. The van der Waals surface area contributed by atoms with Crippen LogP contribution in [0, 0.1) is 0 Å². The fraction of sp³-hybridized carbons (Fsp3) is 0.588. The molecule has 1 aromatic carbocycles. The van der Waals surface area contributed by atoms with Gasteiger partial charge in [0.2, 0.25) is 0 Å². The summed E-state index contributed by atoms with van der Waals surface area (Å²) in [7, 11) is 0. The molecule has 122 valence electrons. The van der Waals surface area contributed by atoms with Gasteiger partial charge in [-0.15, -0.1) is 0 Å². The van der Waals surface area contributed by atoms with Crippen LogP contribution in [0.25, 0.3) is 0 Å². The molecule has 0 aromatic heterocycles. The van der Waals surface area contributed by atoms with Gasteiger partial charge in [-0.3, -0.25) is 0 Å². The van der Waals surface area contributed by atoms with Crippen molar-refractivity contribution in [3.05, 3.63) is 29.3 Å². The zero-order chi connectivity index (χ0) is 16.3. The first-order chi connectivity index (χ1) is 10.3. The van der Waals surface area contributed by atoms with E-state index in [0.29, 0.717) is 12.5 Å². The molecule has 1 aliphatic rings. The summed E-state index contributed by atoms with van der Waals surface area (Å²) in [5.41, 5.74) is 14.2. The Labute approximate surface area is 132 Å². The molecule has 1 aliphatic heterocycles. The average Bonchev–Trinajstić information content (AvgIpc) is 2.45. The van der Waals surface area contributed by atoms with Crippen molar-refractivity contribution in [1.82, 2.24) is 4.90 Å².